The zero-order valence-electron chi connectivity index (χ0n) is 9.72. The third-order valence-corrected chi connectivity index (χ3v) is 2.59. The first-order valence-corrected chi connectivity index (χ1v) is 5.03. The lowest BCUT2D eigenvalue weighted by atomic mass is 10.0. The molecule has 0 atom stereocenters. The van der Waals surface area contributed by atoms with Crippen LogP contribution in [-0.4, -0.2) is 18.5 Å². The number of nitrogens with one attached hydrogen (secondary N) is 2. The Labute approximate surface area is 90.9 Å². The van der Waals surface area contributed by atoms with Gasteiger partial charge in [0.15, 0.2) is 0 Å². The molecule has 0 aliphatic heterocycles. The molecule has 0 unspecified atom stereocenters. The second-order valence-electron chi connectivity index (χ2n) is 4.14. The van der Waals surface area contributed by atoms with Crippen molar-refractivity contribution in [3.8, 4) is 0 Å². The van der Waals surface area contributed by atoms with E-state index >= 15 is 0 Å². The molecule has 3 nitrogen and oxygen atoms in total. The predicted octanol–water partition coefficient (Wildman–Crippen LogP) is 1.93. The lowest BCUT2D eigenvalue weighted by Crippen LogP contribution is -2.47. The number of likely N-dealkylation sites (N-methyl/N-ethyl adjacent to an activating group) is 1. The van der Waals surface area contributed by atoms with E-state index in [1.54, 1.807) is 7.05 Å². The average molecular weight is 206 g/mol. The summed E-state index contributed by atoms with van der Waals surface area (Å²) in [5, 5.41) is 5.87. The van der Waals surface area contributed by atoms with Crippen LogP contribution in [-0.2, 0) is 4.79 Å². The monoisotopic (exact) mass is 206 g/mol. The van der Waals surface area contributed by atoms with Crippen molar-refractivity contribution in [2.24, 2.45) is 0 Å². The van der Waals surface area contributed by atoms with Crippen LogP contribution in [0, 0.1) is 6.92 Å². The molecule has 0 bridgehead atoms. The van der Waals surface area contributed by atoms with E-state index in [2.05, 4.69) is 10.6 Å². The van der Waals surface area contributed by atoms with Gasteiger partial charge in [-0.05, 0) is 39.4 Å². The second-order valence-corrected chi connectivity index (χ2v) is 4.14. The van der Waals surface area contributed by atoms with Crippen molar-refractivity contribution in [1.82, 2.24) is 5.32 Å². The molecule has 0 spiro atoms. The van der Waals surface area contributed by atoms with Gasteiger partial charge in [-0.15, -0.1) is 0 Å². The van der Waals surface area contributed by atoms with Gasteiger partial charge in [-0.1, -0.05) is 18.2 Å². The van der Waals surface area contributed by atoms with Crippen LogP contribution in [0.1, 0.15) is 19.4 Å². The summed E-state index contributed by atoms with van der Waals surface area (Å²) < 4.78 is 0. The quantitative estimate of drug-likeness (QED) is 0.793. The van der Waals surface area contributed by atoms with Gasteiger partial charge in [-0.3, -0.25) is 4.79 Å². The highest BCUT2D eigenvalue weighted by molar-refractivity contribution is 5.97. The van der Waals surface area contributed by atoms with Gasteiger partial charge in [-0.2, -0.15) is 0 Å². The van der Waals surface area contributed by atoms with Crippen LogP contribution in [0.5, 0.6) is 0 Å². The number of hydrogen-bond donors (Lipinski definition) is 2. The van der Waals surface area contributed by atoms with E-state index in [4.69, 9.17) is 0 Å². The average Bonchev–Trinajstić information content (AvgIpc) is 2.21. The highest BCUT2D eigenvalue weighted by Gasteiger charge is 2.25. The second kappa shape index (κ2) is 4.45. The van der Waals surface area contributed by atoms with Crippen LogP contribution in [0.15, 0.2) is 24.3 Å². The summed E-state index contributed by atoms with van der Waals surface area (Å²) in [7, 11) is 1.78. The zero-order chi connectivity index (χ0) is 11.5. The van der Waals surface area contributed by atoms with Gasteiger partial charge in [0.1, 0.15) is 0 Å². The molecule has 0 aliphatic carbocycles. The smallest absolute Gasteiger partial charge is 0.244 e. The molecule has 15 heavy (non-hydrogen) atoms. The van der Waals surface area contributed by atoms with Gasteiger partial charge in [0.05, 0.1) is 5.54 Å². The minimum Gasteiger partial charge on any atom is -0.324 e. The highest BCUT2D eigenvalue weighted by Crippen LogP contribution is 2.15. The molecular weight excluding hydrogens is 188 g/mol. The molecular formula is C12H18N2O. The minimum absolute atomic E-state index is 0.0284. The SMILES string of the molecule is CNC(C)(C)C(=O)Nc1ccccc1C. The molecule has 0 fully saturated rings. The van der Waals surface area contributed by atoms with Crippen molar-refractivity contribution < 1.29 is 4.79 Å². The molecule has 0 aliphatic rings. The summed E-state index contributed by atoms with van der Waals surface area (Å²) in [6, 6.07) is 7.74. The van der Waals surface area contributed by atoms with Crippen molar-refractivity contribution in [3.63, 3.8) is 0 Å². The molecule has 3 heteroatoms. The normalized spacial score (nSPS) is 11.2. The Morgan fingerprint density at radius 2 is 1.87 bits per heavy atom. The van der Waals surface area contributed by atoms with Crippen molar-refractivity contribution >= 4 is 11.6 Å². The third-order valence-electron chi connectivity index (χ3n) is 2.59. The van der Waals surface area contributed by atoms with Crippen molar-refractivity contribution in [3.05, 3.63) is 29.8 Å². The Kier molecular flexibility index (Phi) is 3.48. The van der Waals surface area contributed by atoms with Gasteiger partial charge in [0, 0.05) is 5.69 Å². The fourth-order valence-corrected chi connectivity index (χ4v) is 1.11. The van der Waals surface area contributed by atoms with E-state index in [0.29, 0.717) is 0 Å². The van der Waals surface area contributed by atoms with Gasteiger partial charge in [-0.25, -0.2) is 0 Å². The number of para-hydroxylation sites is 1. The lowest BCUT2D eigenvalue weighted by molar-refractivity contribution is -0.121. The standard InChI is InChI=1S/C12H18N2O/c1-9-7-5-6-8-10(9)14-11(15)12(2,3)13-4/h5-8,13H,1-4H3,(H,14,15). The Balaban J connectivity index is 2.80. The summed E-state index contributed by atoms with van der Waals surface area (Å²) in [6.07, 6.45) is 0. The predicted molar refractivity (Wildman–Crippen MR) is 62.9 cm³/mol. The summed E-state index contributed by atoms with van der Waals surface area (Å²) in [6.45, 7) is 5.67. The molecule has 1 rings (SSSR count). The van der Waals surface area contributed by atoms with E-state index in [-0.39, 0.29) is 5.91 Å². The Morgan fingerprint density at radius 1 is 1.27 bits per heavy atom. The summed E-state index contributed by atoms with van der Waals surface area (Å²) in [4.78, 5) is 11.8. The van der Waals surface area contributed by atoms with Crippen LogP contribution in [0.4, 0.5) is 5.69 Å². The number of amides is 1. The van der Waals surface area contributed by atoms with Crippen molar-refractivity contribution in [2.75, 3.05) is 12.4 Å². The summed E-state index contributed by atoms with van der Waals surface area (Å²) >= 11 is 0. The number of carbonyl (C=O) groups is 1. The molecule has 0 heterocycles. The van der Waals surface area contributed by atoms with Crippen LogP contribution in [0.3, 0.4) is 0 Å². The van der Waals surface area contributed by atoms with Crippen LogP contribution in [0.2, 0.25) is 0 Å². The van der Waals surface area contributed by atoms with E-state index in [0.717, 1.165) is 11.3 Å². The molecule has 0 saturated carbocycles. The van der Waals surface area contributed by atoms with Crippen LogP contribution in [0.25, 0.3) is 0 Å². The molecule has 1 aromatic rings. The van der Waals surface area contributed by atoms with Crippen LogP contribution < -0.4 is 10.6 Å². The number of aryl methyl sites for hydroxylation is 1. The molecule has 0 aromatic heterocycles. The number of rotatable bonds is 3. The number of anilines is 1. The van der Waals surface area contributed by atoms with Gasteiger partial charge in [0.25, 0.3) is 0 Å². The van der Waals surface area contributed by atoms with Gasteiger partial charge in [0.2, 0.25) is 5.91 Å². The summed E-state index contributed by atoms with van der Waals surface area (Å²) in [5.41, 5.74) is 1.38. The first-order chi connectivity index (χ1) is 6.97. The maximum Gasteiger partial charge on any atom is 0.244 e. The minimum atomic E-state index is -0.553. The fraction of sp³-hybridized carbons (Fsp3) is 0.417. The topological polar surface area (TPSA) is 41.1 Å². The van der Waals surface area contributed by atoms with Gasteiger partial charge < -0.3 is 10.6 Å². The van der Waals surface area contributed by atoms with E-state index < -0.39 is 5.54 Å². The lowest BCUT2D eigenvalue weighted by Gasteiger charge is -2.23. The Hall–Kier alpha value is -1.35. The maximum atomic E-state index is 11.8. The number of hydrogen-bond acceptors (Lipinski definition) is 2. The largest absolute Gasteiger partial charge is 0.324 e. The fourth-order valence-electron chi connectivity index (χ4n) is 1.11. The zero-order valence-corrected chi connectivity index (χ0v) is 9.72. The Morgan fingerprint density at radius 3 is 2.40 bits per heavy atom. The highest BCUT2D eigenvalue weighted by atomic mass is 16.2. The molecule has 0 radical (unpaired) electrons. The Bertz CT molecular complexity index is 358. The van der Waals surface area contributed by atoms with Crippen molar-refractivity contribution in [1.29, 1.82) is 0 Å². The third kappa shape index (κ3) is 2.80. The molecule has 0 saturated heterocycles. The molecule has 2 N–H and O–H groups in total. The first kappa shape index (κ1) is 11.7. The van der Waals surface area contributed by atoms with E-state index in [9.17, 15) is 4.79 Å². The van der Waals surface area contributed by atoms with Gasteiger partial charge >= 0.3 is 0 Å². The molecule has 1 aromatic carbocycles. The molecule has 82 valence electrons. The van der Waals surface area contributed by atoms with Crippen LogP contribution >= 0.6 is 0 Å². The summed E-state index contributed by atoms with van der Waals surface area (Å²) in [5.74, 6) is -0.0284. The van der Waals surface area contributed by atoms with Crippen molar-refractivity contribution in [2.45, 2.75) is 26.3 Å². The van der Waals surface area contributed by atoms with E-state index in [1.807, 2.05) is 45.0 Å². The maximum absolute atomic E-state index is 11.8. The first-order valence-electron chi connectivity index (χ1n) is 5.03. The van der Waals surface area contributed by atoms with E-state index in [1.165, 1.54) is 0 Å². The number of carbonyl (C=O) groups excluding carboxylic acids is 1. The number of benzene rings is 1. The molecule has 1 amide bonds.